The molecule has 3 unspecified atom stereocenters. The molecular formula is C10H19ClN4. The Labute approximate surface area is 95.6 Å². The van der Waals surface area contributed by atoms with Gasteiger partial charge in [-0.3, -0.25) is 4.99 Å². The van der Waals surface area contributed by atoms with Crippen LogP contribution in [0.15, 0.2) is 4.99 Å². The molecule has 15 heavy (non-hydrogen) atoms. The molecule has 1 saturated carbocycles. The van der Waals surface area contributed by atoms with Gasteiger partial charge in [0, 0.05) is 12.3 Å². The minimum Gasteiger partial charge on any atom is -0.386 e. The van der Waals surface area contributed by atoms with Crippen LogP contribution in [0, 0.1) is 5.41 Å². The van der Waals surface area contributed by atoms with E-state index in [-0.39, 0.29) is 12.1 Å². The summed E-state index contributed by atoms with van der Waals surface area (Å²) in [6.45, 7) is 0. The largest absolute Gasteiger partial charge is 0.386 e. The van der Waals surface area contributed by atoms with E-state index in [2.05, 4.69) is 4.99 Å². The van der Waals surface area contributed by atoms with Crippen LogP contribution in [0.2, 0.25) is 0 Å². The predicted molar refractivity (Wildman–Crippen MR) is 64.9 cm³/mol. The van der Waals surface area contributed by atoms with Gasteiger partial charge < -0.3 is 16.9 Å². The molecule has 0 spiro atoms. The molecule has 1 fully saturated rings. The first-order valence-electron chi connectivity index (χ1n) is 5.37. The van der Waals surface area contributed by atoms with E-state index < -0.39 is 5.38 Å². The average Bonchev–Trinajstić information content (AvgIpc) is 2.41. The topological polar surface area (TPSA) is 88.2 Å². The normalized spacial score (nSPS) is 30.7. The highest BCUT2D eigenvalue weighted by Gasteiger charge is 2.18. The van der Waals surface area contributed by atoms with Crippen molar-refractivity contribution in [3.63, 3.8) is 0 Å². The van der Waals surface area contributed by atoms with Crippen LogP contribution in [-0.2, 0) is 0 Å². The Morgan fingerprint density at radius 3 is 2.80 bits per heavy atom. The molecular weight excluding hydrogens is 212 g/mol. The maximum atomic E-state index is 7.00. The smallest absolute Gasteiger partial charge is 0.125 e. The van der Waals surface area contributed by atoms with Crippen molar-refractivity contribution < 1.29 is 0 Å². The number of nitrogens with two attached hydrogens (primary N) is 2. The second-order valence-corrected chi connectivity index (χ2v) is 4.53. The van der Waals surface area contributed by atoms with Crippen LogP contribution in [0.1, 0.15) is 32.1 Å². The molecule has 86 valence electrons. The molecule has 0 aliphatic heterocycles. The van der Waals surface area contributed by atoms with Gasteiger partial charge in [0.2, 0.25) is 0 Å². The molecule has 4 nitrogen and oxygen atoms in total. The fourth-order valence-corrected chi connectivity index (χ4v) is 1.91. The van der Waals surface area contributed by atoms with Crippen LogP contribution in [0.25, 0.3) is 0 Å². The lowest BCUT2D eigenvalue weighted by Gasteiger charge is -2.14. The molecule has 0 aromatic carbocycles. The minimum atomic E-state index is -0.579. The highest BCUT2D eigenvalue weighted by atomic mass is 35.5. The number of aliphatic imine (C=N–C) groups is 1. The van der Waals surface area contributed by atoms with Gasteiger partial charge in [0.05, 0.1) is 6.04 Å². The van der Waals surface area contributed by atoms with Crippen LogP contribution in [-0.4, -0.2) is 29.5 Å². The van der Waals surface area contributed by atoms with Crippen LogP contribution < -0.4 is 11.5 Å². The quantitative estimate of drug-likeness (QED) is 0.295. The van der Waals surface area contributed by atoms with Gasteiger partial charge in [0.15, 0.2) is 0 Å². The second-order valence-electron chi connectivity index (χ2n) is 4.06. The Kier molecular flexibility index (Phi) is 5.05. The molecule has 0 heterocycles. The second kappa shape index (κ2) is 6.08. The standard InChI is InChI=1S/C10H19ClN4/c11-9(6-12)10(14)15-8-4-2-1-3-7(13)5-8/h6-9,12H,1-5,13H2,(H2,14,15). The lowest BCUT2D eigenvalue weighted by Crippen LogP contribution is -2.29. The molecule has 1 aliphatic rings. The summed E-state index contributed by atoms with van der Waals surface area (Å²) >= 11 is 5.78. The van der Waals surface area contributed by atoms with Crippen molar-refractivity contribution in [1.82, 2.24) is 0 Å². The van der Waals surface area contributed by atoms with E-state index in [0.717, 1.165) is 31.9 Å². The van der Waals surface area contributed by atoms with E-state index in [1.54, 1.807) is 0 Å². The van der Waals surface area contributed by atoms with E-state index in [1.165, 1.54) is 6.42 Å². The number of nitrogens with zero attached hydrogens (tertiary/aromatic N) is 1. The first-order chi connectivity index (χ1) is 7.13. The summed E-state index contributed by atoms with van der Waals surface area (Å²) in [4.78, 5) is 4.35. The molecule has 1 aliphatic carbocycles. The zero-order chi connectivity index (χ0) is 11.3. The van der Waals surface area contributed by atoms with E-state index >= 15 is 0 Å². The molecule has 5 N–H and O–H groups in total. The lowest BCUT2D eigenvalue weighted by atomic mass is 10.1. The number of hydrogen-bond donors (Lipinski definition) is 3. The fraction of sp³-hybridized carbons (Fsp3) is 0.800. The third-order valence-corrected chi connectivity index (χ3v) is 3.05. The number of hydrogen-bond acceptors (Lipinski definition) is 3. The van der Waals surface area contributed by atoms with Crippen molar-refractivity contribution in [2.24, 2.45) is 16.5 Å². The van der Waals surface area contributed by atoms with Crippen LogP contribution in [0.4, 0.5) is 0 Å². The van der Waals surface area contributed by atoms with E-state index in [9.17, 15) is 0 Å². The zero-order valence-corrected chi connectivity index (χ0v) is 9.58. The SMILES string of the molecule is N=CC(Cl)C(N)=NC1CCCCC(N)C1. The van der Waals surface area contributed by atoms with Gasteiger partial charge in [0.25, 0.3) is 0 Å². The Balaban J connectivity index is 2.58. The zero-order valence-electron chi connectivity index (χ0n) is 8.82. The van der Waals surface area contributed by atoms with Gasteiger partial charge in [-0.2, -0.15) is 0 Å². The summed E-state index contributed by atoms with van der Waals surface area (Å²) < 4.78 is 0. The molecule has 0 bridgehead atoms. The fourth-order valence-electron chi connectivity index (χ4n) is 1.86. The van der Waals surface area contributed by atoms with Crippen molar-refractivity contribution in [1.29, 1.82) is 5.41 Å². The Morgan fingerprint density at radius 2 is 2.13 bits per heavy atom. The van der Waals surface area contributed by atoms with Gasteiger partial charge in [-0.1, -0.05) is 12.8 Å². The van der Waals surface area contributed by atoms with Crippen molar-refractivity contribution in [2.45, 2.75) is 49.6 Å². The maximum Gasteiger partial charge on any atom is 0.125 e. The Bertz CT molecular complexity index is 242. The van der Waals surface area contributed by atoms with E-state index in [4.69, 9.17) is 28.5 Å². The summed E-state index contributed by atoms with van der Waals surface area (Å²) in [5.41, 5.74) is 11.6. The van der Waals surface area contributed by atoms with E-state index in [0.29, 0.717) is 5.84 Å². The minimum absolute atomic E-state index is 0.184. The lowest BCUT2D eigenvalue weighted by molar-refractivity contribution is 0.532. The number of nitrogens with one attached hydrogen (secondary N) is 1. The number of rotatable bonds is 3. The van der Waals surface area contributed by atoms with E-state index in [1.807, 2.05) is 0 Å². The number of alkyl halides is 1. The van der Waals surface area contributed by atoms with Crippen LogP contribution in [0.3, 0.4) is 0 Å². The van der Waals surface area contributed by atoms with Gasteiger partial charge in [-0.25, -0.2) is 0 Å². The van der Waals surface area contributed by atoms with Crippen molar-refractivity contribution in [2.75, 3.05) is 0 Å². The molecule has 3 atom stereocenters. The van der Waals surface area contributed by atoms with Crippen LogP contribution >= 0.6 is 11.6 Å². The summed E-state index contributed by atoms with van der Waals surface area (Å²) in [6, 6.07) is 0.409. The molecule has 1 rings (SSSR count). The average molecular weight is 231 g/mol. The highest BCUT2D eigenvalue weighted by Crippen LogP contribution is 2.19. The van der Waals surface area contributed by atoms with Crippen molar-refractivity contribution in [3.05, 3.63) is 0 Å². The summed E-state index contributed by atoms with van der Waals surface area (Å²) in [7, 11) is 0. The molecule has 0 aromatic rings. The van der Waals surface area contributed by atoms with Gasteiger partial charge in [-0.15, -0.1) is 11.6 Å². The first kappa shape index (κ1) is 12.5. The Hall–Kier alpha value is -0.610. The van der Waals surface area contributed by atoms with Gasteiger partial charge in [-0.05, 0) is 19.3 Å². The number of halogens is 1. The molecule has 5 heteroatoms. The van der Waals surface area contributed by atoms with Crippen molar-refractivity contribution >= 4 is 23.7 Å². The summed E-state index contributed by atoms with van der Waals surface area (Å²) in [6.07, 6.45) is 6.38. The summed E-state index contributed by atoms with van der Waals surface area (Å²) in [5, 5.41) is 6.42. The number of amidine groups is 1. The Morgan fingerprint density at radius 1 is 1.47 bits per heavy atom. The molecule has 0 saturated heterocycles. The third kappa shape index (κ3) is 4.18. The monoisotopic (exact) mass is 230 g/mol. The predicted octanol–water partition coefficient (Wildman–Crippen LogP) is 1.26. The third-order valence-electron chi connectivity index (χ3n) is 2.70. The highest BCUT2D eigenvalue weighted by molar-refractivity contribution is 6.39. The molecule has 0 amide bonds. The van der Waals surface area contributed by atoms with Crippen LogP contribution in [0.5, 0.6) is 0 Å². The molecule has 0 radical (unpaired) electrons. The maximum absolute atomic E-state index is 7.00. The molecule has 0 aromatic heterocycles. The van der Waals surface area contributed by atoms with Gasteiger partial charge >= 0.3 is 0 Å². The first-order valence-corrected chi connectivity index (χ1v) is 5.80. The van der Waals surface area contributed by atoms with Crippen molar-refractivity contribution in [3.8, 4) is 0 Å². The van der Waals surface area contributed by atoms with Gasteiger partial charge in [0.1, 0.15) is 11.2 Å². The summed E-state index contributed by atoms with van der Waals surface area (Å²) in [5.74, 6) is 0.339.